The SMILES string of the molecule is CCCC(O)(O)NC. The van der Waals surface area contributed by atoms with Crippen LogP contribution in [0.4, 0.5) is 0 Å². The largest absolute Gasteiger partial charge is 0.353 e. The predicted octanol–water partition coefficient (Wildman–Crippen LogP) is -0.356. The average molecular weight is 119 g/mol. The Morgan fingerprint density at radius 1 is 1.50 bits per heavy atom. The highest BCUT2D eigenvalue weighted by atomic mass is 16.5. The summed E-state index contributed by atoms with van der Waals surface area (Å²) in [6.07, 6.45) is 1.12. The van der Waals surface area contributed by atoms with Crippen molar-refractivity contribution in [1.82, 2.24) is 5.32 Å². The average Bonchev–Trinajstić information content (AvgIpc) is 1.67. The summed E-state index contributed by atoms with van der Waals surface area (Å²) in [5, 5.41) is 19.9. The van der Waals surface area contributed by atoms with Gasteiger partial charge in [-0.15, -0.1) is 0 Å². The lowest BCUT2D eigenvalue weighted by Crippen LogP contribution is -2.42. The zero-order valence-corrected chi connectivity index (χ0v) is 5.31. The van der Waals surface area contributed by atoms with Gasteiger partial charge < -0.3 is 10.2 Å². The second-order valence-electron chi connectivity index (χ2n) is 1.82. The van der Waals surface area contributed by atoms with Crippen molar-refractivity contribution in [2.45, 2.75) is 25.7 Å². The minimum atomic E-state index is -1.66. The molecule has 0 aliphatic rings. The zero-order chi connectivity index (χ0) is 6.62. The van der Waals surface area contributed by atoms with Crippen molar-refractivity contribution in [3.63, 3.8) is 0 Å². The van der Waals surface area contributed by atoms with Crippen molar-refractivity contribution in [3.05, 3.63) is 0 Å². The lowest BCUT2D eigenvalue weighted by molar-refractivity contribution is -0.185. The molecule has 8 heavy (non-hydrogen) atoms. The van der Waals surface area contributed by atoms with Crippen molar-refractivity contribution in [2.24, 2.45) is 0 Å². The number of hydrogen-bond acceptors (Lipinski definition) is 3. The molecule has 0 atom stereocenters. The first-order valence-electron chi connectivity index (χ1n) is 2.76. The second-order valence-corrected chi connectivity index (χ2v) is 1.82. The van der Waals surface area contributed by atoms with Crippen LogP contribution in [0.1, 0.15) is 19.8 Å². The van der Waals surface area contributed by atoms with Gasteiger partial charge in [-0.05, 0) is 13.5 Å². The standard InChI is InChI=1S/C5H13NO2/c1-3-4-5(7,8)6-2/h6-8H,3-4H2,1-2H3. The van der Waals surface area contributed by atoms with E-state index in [0.717, 1.165) is 6.42 Å². The molecule has 0 saturated carbocycles. The third-order valence-electron chi connectivity index (χ3n) is 0.999. The van der Waals surface area contributed by atoms with Crippen molar-refractivity contribution in [1.29, 1.82) is 0 Å². The Morgan fingerprint density at radius 2 is 2.00 bits per heavy atom. The first-order chi connectivity index (χ1) is 3.62. The number of nitrogens with one attached hydrogen (secondary N) is 1. The van der Waals surface area contributed by atoms with Gasteiger partial charge in [-0.25, -0.2) is 0 Å². The van der Waals surface area contributed by atoms with Crippen LogP contribution < -0.4 is 5.32 Å². The van der Waals surface area contributed by atoms with Crippen molar-refractivity contribution in [3.8, 4) is 0 Å². The Hall–Kier alpha value is -0.120. The molecule has 0 aromatic carbocycles. The predicted molar refractivity (Wildman–Crippen MR) is 31.1 cm³/mol. The summed E-state index contributed by atoms with van der Waals surface area (Å²) in [7, 11) is 1.51. The van der Waals surface area contributed by atoms with Crippen LogP contribution in [0, 0.1) is 0 Å². The molecule has 0 aromatic heterocycles. The quantitative estimate of drug-likeness (QED) is 0.445. The van der Waals surface area contributed by atoms with E-state index in [0.29, 0.717) is 6.42 Å². The maximum Gasteiger partial charge on any atom is 0.222 e. The molecule has 0 spiro atoms. The molecule has 0 aromatic rings. The van der Waals surface area contributed by atoms with Gasteiger partial charge in [-0.3, -0.25) is 5.32 Å². The van der Waals surface area contributed by atoms with Crippen LogP contribution >= 0.6 is 0 Å². The van der Waals surface area contributed by atoms with E-state index in [9.17, 15) is 0 Å². The van der Waals surface area contributed by atoms with Gasteiger partial charge in [0.05, 0.1) is 0 Å². The van der Waals surface area contributed by atoms with Crippen LogP contribution in [0.15, 0.2) is 0 Å². The Bertz CT molecular complexity index is 63.4. The van der Waals surface area contributed by atoms with Gasteiger partial charge in [0.2, 0.25) is 5.91 Å². The van der Waals surface area contributed by atoms with Crippen molar-refractivity contribution in [2.75, 3.05) is 7.05 Å². The molecule has 3 N–H and O–H groups in total. The number of rotatable bonds is 3. The Morgan fingerprint density at radius 3 is 2.12 bits per heavy atom. The highest BCUT2D eigenvalue weighted by Crippen LogP contribution is 2.01. The molecule has 0 bridgehead atoms. The molecule has 0 radical (unpaired) electrons. The van der Waals surface area contributed by atoms with E-state index in [1.165, 1.54) is 7.05 Å². The monoisotopic (exact) mass is 119 g/mol. The van der Waals surface area contributed by atoms with E-state index in [1.54, 1.807) is 0 Å². The summed E-state index contributed by atoms with van der Waals surface area (Å²) in [4.78, 5) is 0. The van der Waals surface area contributed by atoms with E-state index in [-0.39, 0.29) is 0 Å². The highest BCUT2D eigenvalue weighted by molar-refractivity contribution is 4.54. The van der Waals surface area contributed by atoms with Crippen LogP contribution in [0.25, 0.3) is 0 Å². The van der Waals surface area contributed by atoms with Gasteiger partial charge >= 0.3 is 0 Å². The summed E-state index contributed by atoms with van der Waals surface area (Å²) in [6.45, 7) is 1.89. The summed E-state index contributed by atoms with van der Waals surface area (Å²) >= 11 is 0. The molecule has 0 aliphatic carbocycles. The van der Waals surface area contributed by atoms with Crippen LogP contribution in [-0.2, 0) is 0 Å². The lowest BCUT2D eigenvalue weighted by Gasteiger charge is -2.18. The van der Waals surface area contributed by atoms with Crippen LogP contribution in [0.3, 0.4) is 0 Å². The third-order valence-corrected chi connectivity index (χ3v) is 0.999. The van der Waals surface area contributed by atoms with Gasteiger partial charge in [0, 0.05) is 6.42 Å². The van der Waals surface area contributed by atoms with Gasteiger partial charge in [0.15, 0.2) is 0 Å². The first-order valence-corrected chi connectivity index (χ1v) is 2.76. The van der Waals surface area contributed by atoms with Gasteiger partial charge in [0.25, 0.3) is 0 Å². The van der Waals surface area contributed by atoms with Crippen LogP contribution in [-0.4, -0.2) is 23.2 Å². The summed E-state index contributed by atoms with van der Waals surface area (Å²) in [5.41, 5.74) is 0. The molecule has 0 rings (SSSR count). The zero-order valence-electron chi connectivity index (χ0n) is 5.31. The molecule has 0 amide bonds. The molecule has 0 saturated heterocycles. The minimum absolute atomic E-state index is 0.365. The molecule has 50 valence electrons. The minimum Gasteiger partial charge on any atom is -0.353 e. The molecule has 0 fully saturated rings. The van der Waals surface area contributed by atoms with E-state index in [4.69, 9.17) is 10.2 Å². The fraction of sp³-hybridized carbons (Fsp3) is 1.00. The summed E-state index contributed by atoms with van der Waals surface area (Å²) < 4.78 is 0. The molecule has 0 heterocycles. The Balaban J connectivity index is 3.37. The number of hydrogen-bond donors (Lipinski definition) is 3. The molecular formula is C5H13NO2. The molecule has 3 nitrogen and oxygen atoms in total. The van der Waals surface area contributed by atoms with Crippen molar-refractivity contribution >= 4 is 0 Å². The fourth-order valence-corrected chi connectivity index (χ4v) is 0.474. The first kappa shape index (κ1) is 7.88. The highest BCUT2D eigenvalue weighted by Gasteiger charge is 2.16. The third kappa shape index (κ3) is 2.96. The van der Waals surface area contributed by atoms with E-state index in [1.807, 2.05) is 6.92 Å². The summed E-state index contributed by atoms with van der Waals surface area (Å²) in [5.74, 6) is -1.66. The maximum absolute atomic E-state index is 8.77. The van der Waals surface area contributed by atoms with Gasteiger partial charge in [-0.2, -0.15) is 0 Å². The molecule has 0 aliphatic heterocycles. The Kier molecular flexibility index (Phi) is 2.97. The summed E-state index contributed by atoms with van der Waals surface area (Å²) in [6, 6.07) is 0. The Labute approximate surface area is 49.3 Å². The van der Waals surface area contributed by atoms with E-state index < -0.39 is 5.91 Å². The molecular weight excluding hydrogens is 106 g/mol. The second kappa shape index (κ2) is 3.02. The molecule has 3 heteroatoms. The normalized spacial score (nSPS) is 12.0. The molecule has 0 unspecified atom stereocenters. The fourth-order valence-electron chi connectivity index (χ4n) is 0.474. The van der Waals surface area contributed by atoms with Crippen molar-refractivity contribution < 1.29 is 10.2 Å². The van der Waals surface area contributed by atoms with Gasteiger partial charge in [0.1, 0.15) is 0 Å². The smallest absolute Gasteiger partial charge is 0.222 e. The topological polar surface area (TPSA) is 52.5 Å². The number of aliphatic hydroxyl groups is 2. The lowest BCUT2D eigenvalue weighted by atomic mass is 10.3. The maximum atomic E-state index is 8.77. The van der Waals surface area contributed by atoms with E-state index in [2.05, 4.69) is 5.32 Å². The van der Waals surface area contributed by atoms with E-state index >= 15 is 0 Å². The van der Waals surface area contributed by atoms with Crippen LogP contribution in [0.5, 0.6) is 0 Å². The van der Waals surface area contributed by atoms with Gasteiger partial charge in [-0.1, -0.05) is 6.92 Å². The van der Waals surface area contributed by atoms with Crippen LogP contribution in [0.2, 0.25) is 0 Å².